The Morgan fingerprint density at radius 3 is 2.35 bits per heavy atom. The highest BCUT2D eigenvalue weighted by Gasteiger charge is 2.46. The molecule has 2 rings (SSSR count). The zero-order valence-electron chi connectivity index (χ0n) is 9.24. The van der Waals surface area contributed by atoms with Gasteiger partial charge in [0.15, 0.2) is 5.78 Å². The molecular weight excluding hydrogens is 228 g/mol. The predicted molar refractivity (Wildman–Crippen MR) is 57.3 cm³/mol. The zero-order valence-corrected chi connectivity index (χ0v) is 9.24. The normalized spacial score (nSPS) is 17.5. The second-order valence-corrected chi connectivity index (χ2v) is 4.15. The van der Waals surface area contributed by atoms with E-state index in [-0.39, 0.29) is 11.3 Å². The van der Waals surface area contributed by atoms with Gasteiger partial charge in [0.25, 0.3) is 11.8 Å². The molecule has 1 saturated heterocycles. The zero-order chi connectivity index (χ0) is 12.6. The maximum absolute atomic E-state index is 12.6. The Bertz CT molecular complexity index is 477. The maximum atomic E-state index is 12.6. The third-order valence-electron chi connectivity index (χ3n) is 2.65. The molecule has 1 aliphatic heterocycles. The van der Waals surface area contributed by atoms with E-state index < -0.39 is 24.9 Å². The Morgan fingerprint density at radius 2 is 1.82 bits per heavy atom. The molecule has 0 radical (unpaired) electrons. The number of nitrogens with zero attached hydrogens (tertiary/aromatic N) is 1. The highest BCUT2D eigenvalue weighted by Crippen LogP contribution is 2.28. The van der Waals surface area contributed by atoms with Gasteiger partial charge in [-0.1, -0.05) is 12.1 Å². The molecule has 1 fully saturated rings. The highest BCUT2D eigenvalue weighted by atomic mass is 19.3. The van der Waals surface area contributed by atoms with Crippen molar-refractivity contribution in [3.05, 3.63) is 35.4 Å². The first-order valence-corrected chi connectivity index (χ1v) is 5.17. The number of rotatable bonds is 2. The molecule has 90 valence electrons. The molecule has 5 heteroatoms. The number of ketones is 1. The number of Topliss-reactive ketones (excluding diaryl/α,β-unsaturated/α-hetero) is 1. The van der Waals surface area contributed by atoms with E-state index in [2.05, 4.69) is 0 Å². The van der Waals surface area contributed by atoms with Crippen molar-refractivity contribution in [3.63, 3.8) is 0 Å². The van der Waals surface area contributed by atoms with Crippen molar-refractivity contribution in [3.8, 4) is 0 Å². The lowest BCUT2D eigenvalue weighted by Gasteiger charge is -2.38. The molecule has 1 heterocycles. The fourth-order valence-electron chi connectivity index (χ4n) is 1.71. The van der Waals surface area contributed by atoms with E-state index in [4.69, 9.17) is 0 Å². The Labute approximate surface area is 97.0 Å². The number of benzene rings is 1. The SMILES string of the molecule is CC(=O)c1cccc(C(=O)N2CC(F)(F)C2)c1. The molecule has 0 saturated carbocycles. The Hall–Kier alpha value is -1.78. The van der Waals surface area contributed by atoms with Crippen molar-refractivity contribution in [2.24, 2.45) is 0 Å². The molecule has 0 atom stereocenters. The topological polar surface area (TPSA) is 37.4 Å². The van der Waals surface area contributed by atoms with E-state index in [1.54, 1.807) is 12.1 Å². The fraction of sp³-hybridized carbons (Fsp3) is 0.333. The number of halogens is 2. The number of hydrogen-bond acceptors (Lipinski definition) is 2. The van der Waals surface area contributed by atoms with Crippen LogP contribution in [0.15, 0.2) is 24.3 Å². The summed E-state index contributed by atoms with van der Waals surface area (Å²) in [5, 5.41) is 0. The van der Waals surface area contributed by atoms with Gasteiger partial charge in [-0.15, -0.1) is 0 Å². The molecule has 17 heavy (non-hydrogen) atoms. The number of hydrogen-bond donors (Lipinski definition) is 0. The predicted octanol–water partition coefficient (Wildman–Crippen LogP) is 1.98. The van der Waals surface area contributed by atoms with Crippen molar-refractivity contribution in [1.82, 2.24) is 4.90 Å². The van der Waals surface area contributed by atoms with Crippen LogP contribution in [0.25, 0.3) is 0 Å². The van der Waals surface area contributed by atoms with Crippen LogP contribution in [0, 0.1) is 0 Å². The average molecular weight is 239 g/mol. The summed E-state index contributed by atoms with van der Waals surface area (Å²) in [5.41, 5.74) is 0.677. The quantitative estimate of drug-likeness (QED) is 0.740. The smallest absolute Gasteiger partial charge is 0.282 e. The molecule has 0 N–H and O–H groups in total. The first-order chi connectivity index (χ1) is 7.89. The van der Waals surface area contributed by atoms with Gasteiger partial charge in [0.05, 0.1) is 13.1 Å². The van der Waals surface area contributed by atoms with Crippen LogP contribution in [0.2, 0.25) is 0 Å². The second-order valence-electron chi connectivity index (χ2n) is 4.15. The van der Waals surface area contributed by atoms with Crippen LogP contribution in [-0.2, 0) is 0 Å². The van der Waals surface area contributed by atoms with Gasteiger partial charge in [0.2, 0.25) is 0 Å². The van der Waals surface area contributed by atoms with Crippen LogP contribution in [0.4, 0.5) is 8.78 Å². The van der Waals surface area contributed by atoms with Crippen LogP contribution >= 0.6 is 0 Å². The standard InChI is InChI=1S/C12H11F2NO2/c1-8(16)9-3-2-4-10(5-9)11(17)15-6-12(13,14)7-15/h2-5H,6-7H2,1H3. The molecule has 3 nitrogen and oxygen atoms in total. The fourth-order valence-corrected chi connectivity index (χ4v) is 1.71. The van der Waals surface area contributed by atoms with Crippen LogP contribution in [0.1, 0.15) is 27.6 Å². The number of carbonyl (C=O) groups is 2. The summed E-state index contributed by atoms with van der Waals surface area (Å²) in [5.74, 6) is -3.39. The van der Waals surface area contributed by atoms with Gasteiger partial charge >= 0.3 is 0 Å². The van der Waals surface area contributed by atoms with Crippen molar-refractivity contribution >= 4 is 11.7 Å². The first kappa shape index (κ1) is 11.7. The van der Waals surface area contributed by atoms with Gasteiger partial charge in [-0.05, 0) is 19.1 Å². The van der Waals surface area contributed by atoms with E-state index >= 15 is 0 Å². The molecule has 1 aliphatic rings. The first-order valence-electron chi connectivity index (χ1n) is 5.17. The minimum atomic E-state index is -2.77. The van der Waals surface area contributed by atoms with E-state index in [1.807, 2.05) is 0 Å². The molecule has 0 spiro atoms. The summed E-state index contributed by atoms with van der Waals surface area (Å²) in [4.78, 5) is 24.0. The van der Waals surface area contributed by atoms with Crippen molar-refractivity contribution in [2.45, 2.75) is 12.8 Å². The summed E-state index contributed by atoms with van der Waals surface area (Å²) in [6, 6.07) is 6.11. The number of alkyl halides is 2. The van der Waals surface area contributed by atoms with Gasteiger partial charge < -0.3 is 4.90 Å². The number of likely N-dealkylation sites (tertiary alicyclic amines) is 1. The second kappa shape index (κ2) is 3.91. The number of carbonyl (C=O) groups excluding carboxylic acids is 2. The van der Waals surface area contributed by atoms with Crippen LogP contribution in [0.3, 0.4) is 0 Å². The van der Waals surface area contributed by atoms with Crippen molar-refractivity contribution in [1.29, 1.82) is 0 Å². The summed E-state index contributed by atoms with van der Waals surface area (Å²) in [6.07, 6.45) is 0. The van der Waals surface area contributed by atoms with E-state index in [1.165, 1.54) is 19.1 Å². The van der Waals surface area contributed by atoms with Crippen molar-refractivity contribution in [2.75, 3.05) is 13.1 Å². The molecule has 0 aromatic heterocycles. The summed E-state index contributed by atoms with van der Waals surface area (Å²) in [7, 11) is 0. The summed E-state index contributed by atoms with van der Waals surface area (Å²) >= 11 is 0. The van der Waals surface area contributed by atoms with E-state index in [9.17, 15) is 18.4 Å². The van der Waals surface area contributed by atoms with Gasteiger partial charge in [0, 0.05) is 11.1 Å². The van der Waals surface area contributed by atoms with Crippen LogP contribution in [0.5, 0.6) is 0 Å². The van der Waals surface area contributed by atoms with Crippen LogP contribution in [-0.4, -0.2) is 35.6 Å². The highest BCUT2D eigenvalue weighted by molar-refractivity contribution is 5.99. The molecule has 1 aromatic rings. The Kier molecular flexibility index (Phi) is 2.69. The molecule has 0 aliphatic carbocycles. The molecule has 1 aromatic carbocycles. The maximum Gasteiger partial charge on any atom is 0.282 e. The van der Waals surface area contributed by atoms with Gasteiger partial charge in [-0.2, -0.15) is 0 Å². The largest absolute Gasteiger partial charge is 0.326 e. The van der Waals surface area contributed by atoms with E-state index in [0.29, 0.717) is 5.56 Å². The molecule has 0 unspecified atom stereocenters. The van der Waals surface area contributed by atoms with Gasteiger partial charge in [-0.3, -0.25) is 9.59 Å². The lowest BCUT2D eigenvalue weighted by molar-refractivity contribution is -0.113. The van der Waals surface area contributed by atoms with Crippen molar-refractivity contribution < 1.29 is 18.4 Å². The Balaban J connectivity index is 2.15. The molecule has 1 amide bonds. The average Bonchev–Trinajstić information content (AvgIpc) is 2.25. The minimum absolute atomic E-state index is 0.159. The third-order valence-corrected chi connectivity index (χ3v) is 2.65. The molecular formula is C12H11F2NO2. The Morgan fingerprint density at radius 1 is 1.24 bits per heavy atom. The minimum Gasteiger partial charge on any atom is -0.326 e. The van der Waals surface area contributed by atoms with Crippen LogP contribution < -0.4 is 0 Å². The number of amides is 1. The molecule has 0 bridgehead atoms. The van der Waals surface area contributed by atoms with E-state index in [0.717, 1.165) is 4.90 Å². The summed E-state index contributed by atoms with van der Waals surface area (Å²) in [6.45, 7) is 0.299. The van der Waals surface area contributed by atoms with Gasteiger partial charge in [0.1, 0.15) is 0 Å². The monoisotopic (exact) mass is 239 g/mol. The lowest BCUT2D eigenvalue weighted by atomic mass is 10.0. The lowest BCUT2D eigenvalue weighted by Crippen LogP contribution is -2.58. The third kappa shape index (κ3) is 2.33. The van der Waals surface area contributed by atoms with Gasteiger partial charge in [-0.25, -0.2) is 8.78 Å². The summed E-state index contributed by atoms with van der Waals surface area (Å²) < 4.78 is 25.2.